The first-order valence-electron chi connectivity index (χ1n) is 12.0. The third-order valence-electron chi connectivity index (χ3n) is 6.90. The second-order valence-electron chi connectivity index (χ2n) is 10.1. The van der Waals surface area contributed by atoms with E-state index in [2.05, 4.69) is 38.3 Å². The molecule has 9 nitrogen and oxygen atoms in total. The standard InChI is InChI=1S/C26H29N5O4/c1-26(2)15-35-24(27-26)12-22-19-10-20(23(32)11-21(19)28-29-22)25(33)31-13-16-3-4-18(9-17(16)14-31)30-5-7-34-8-6-30/h3-4,9-11,32H,5-8,12-15H2,1-2H3,(H,28,29). The Hall–Kier alpha value is -3.59. The van der Waals surface area contributed by atoms with E-state index in [1.807, 2.05) is 13.8 Å². The molecule has 3 aliphatic rings. The summed E-state index contributed by atoms with van der Waals surface area (Å²) >= 11 is 0. The highest BCUT2D eigenvalue weighted by Gasteiger charge is 2.29. The van der Waals surface area contributed by atoms with E-state index in [4.69, 9.17) is 9.47 Å². The lowest BCUT2D eigenvalue weighted by molar-refractivity contribution is 0.0748. The number of aromatic hydroxyl groups is 1. The van der Waals surface area contributed by atoms with Crippen molar-refractivity contribution in [1.82, 2.24) is 15.1 Å². The van der Waals surface area contributed by atoms with Crippen LogP contribution in [0.1, 0.15) is 41.0 Å². The van der Waals surface area contributed by atoms with Gasteiger partial charge in [-0.2, -0.15) is 5.10 Å². The van der Waals surface area contributed by atoms with Crippen molar-refractivity contribution < 1.29 is 19.4 Å². The Labute approximate surface area is 203 Å². The second-order valence-corrected chi connectivity index (χ2v) is 10.1. The summed E-state index contributed by atoms with van der Waals surface area (Å²) in [5.74, 6) is 0.380. The third kappa shape index (κ3) is 4.10. The van der Waals surface area contributed by atoms with Gasteiger partial charge in [0.25, 0.3) is 5.91 Å². The van der Waals surface area contributed by atoms with Crippen molar-refractivity contribution >= 4 is 28.4 Å². The molecule has 0 unspecified atom stereocenters. The number of H-pyrrole nitrogens is 1. The molecule has 1 amide bonds. The van der Waals surface area contributed by atoms with Crippen molar-refractivity contribution in [2.75, 3.05) is 37.8 Å². The number of phenols is 1. The van der Waals surface area contributed by atoms with Gasteiger partial charge in [-0.3, -0.25) is 9.89 Å². The lowest BCUT2D eigenvalue weighted by atomic mass is 10.1. The summed E-state index contributed by atoms with van der Waals surface area (Å²) in [5, 5.41) is 18.8. The molecule has 9 heteroatoms. The summed E-state index contributed by atoms with van der Waals surface area (Å²) in [6.07, 6.45) is 0.432. The van der Waals surface area contributed by atoms with Crippen molar-refractivity contribution in [2.45, 2.75) is 38.9 Å². The third-order valence-corrected chi connectivity index (χ3v) is 6.90. The number of morpholine rings is 1. The van der Waals surface area contributed by atoms with Crippen molar-refractivity contribution in [3.05, 3.63) is 52.7 Å². The van der Waals surface area contributed by atoms with Crippen LogP contribution in [-0.4, -0.2) is 70.5 Å². The molecule has 0 saturated carbocycles. The summed E-state index contributed by atoms with van der Waals surface area (Å²) < 4.78 is 11.2. The summed E-state index contributed by atoms with van der Waals surface area (Å²) in [5.41, 5.74) is 4.89. The number of carbonyl (C=O) groups is 1. The van der Waals surface area contributed by atoms with Crippen LogP contribution in [0, 0.1) is 0 Å². The van der Waals surface area contributed by atoms with Gasteiger partial charge in [0, 0.05) is 43.3 Å². The molecule has 2 N–H and O–H groups in total. The van der Waals surface area contributed by atoms with Gasteiger partial charge in [0.15, 0.2) is 5.90 Å². The van der Waals surface area contributed by atoms with Crippen LogP contribution >= 0.6 is 0 Å². The van der Waals surface area contributed by atoms with E-state index in [0.29, 0.717) is 37.5 Å². The summed E-state index contributed by atoms with van der Waals surface area (Å²) in [6, 6.07) is 9.70. The molecule has 1 fully saturated rings. The maximum Gasteiger partial charge on any atom is 0.258 e. The van der Waals surface area contributed by atoms with Crippen LogP contribution in [0.3, 0.4) is 0 Å². The molecular weight excluding hydrogens is 446 g/mol. The molecule has 35 heavy (non-hydrogen) atoms. The van der Waals surface area contributed by atoms with Gasteiger partial charge in [-0.25, -0.2) is 4.99 Å². The van der Waals surface area contributed by atoms with Gasteiger partial charge in [0.2, 0.25) is 0 Å². The minimum Gasteiger partial charge on any atom is -0.507 e. The van der Waals surface area contributed by atoms with Crippen LogP contribution in [0.25, 0.3) is 10.9 Å². The lowest BCUT2D eigenvalue weighted by Crippen LogP contribution is -2.36. The van der Waals surface area contributed by atoms with Gasteiger partial charge in [-0.05, 0) is 43.2 Å². The summed E-state index contributed by atoms with van der Waals surface area (Å²) in [6.45, 7) is 8.83. The molecule has 2 aromatic carbocycles. The van der Waals surface area contributed by atoms with Crippen LogP contribution in [0.2, 0.25) is 0 Å². The summed E-state index contributed by atoms with van der Waals surface area (Å²) in [4.78, 5) is 22.2. The largest absolute Gasteiger partial charge is 0.507 e. The SMILES string of the molecule is CC1(C)COC(Cc2n[nH]c3cc(O)c(C(=O)N4Cc5ccc(N6CCOCC6)cc5C4)cc23)=N1. The summed E-state index contributed by atoms with van der Waals surface area (Å²) in [7, 11) is 0. The van der Waals surface area contributed by atoms with Crippen LogP contribution in [0.5, 0.6) is 5.75 Å². The molecule has 0 atom stereocenters. The number of phenolic OH excluding ortho intramolecular Hbond substituents is 1. The number of hydrogen-bond donors (Lipinski definition) is 2. The van der Waals surface area contributed by atoms with Gasteiger partial charge in [-0.1, -0.05) is 6.07 Å². The second kappa shape index (κ2) is 8.27. The topological polar surface area (TPSA) is 103 Å². The zero-order valence-electron chi connectivity index (χ0n) is 20.0. The van der Waals surface area contributed by atoms with E-state index in [9.17, 15) is 9.90 Å². The van der Waals surface area contributed by atoms with Gasteiger partial charge >= 0.3 is 0 Å². The number of benzene rings is 2. The van der Waals surface area contributed by atoms with Gasteiger partial charge in [0.1, 0.15) is 12.4 Å². The number of fused-ring (bicyclic) bond motifs is 2. The number of ether oxygens (including phenoxy) is 2. The number of aromatic nitrogens is 2. The van der Waals surface area contributed by atoms with Gasteiger partial charge in [-0.15, -0.1) is 0 Å². The zero-order valence-corrected chi connectivity index (χ0v) is 20.0. The Bertz CT molecular complexity index is 1340. The predicted molar refractivity (Wildman–Crippen MR) is 132 cm³/mol. The smallest absolute Gasteiger partial charge is 0.258 e. The first-order chi connectivity index (χ1) is 16.9. The first-order valence-corrected chi connectivity index (χ1v) is 12.0. The van der Waals surface area contributed by atoms with Crippen molar-refractivity contribution in [1.29, 1.82) is 0 Å². The molecule has 0 radical (unpaired) electrons. The van der Waals surface area contributed by atoms with E-state index in [-0.39, 0.29) is 22.8 Å². The average molecular weight is 476 g/mol. The fraction of sp³-hybridized carbons (Fsp3) is 0.423. The average Bonchev–Trinajstić information content (AvgIpc) is 3.54. The lowest BCUT2D eigenvalue weighted by Gasteiger charge is -2.29. The monoisotopic (exact) mass is 475 g/mol. The van der Waals surface area contributed by atoms with Crippen molar-refractivity contribution in [2.24, 2.45) is 4.99 Å². The Kier molecular flexibility index (Phi) is 5.17. The number of nitrogens with zero attached hydrogens (tertiary/aromatic N) is 4. The molecule has 4 heterocycles. The number of anilines is 1. The van der Waals surface area contributed by atoms with Crippen LogP contribution in [0.15, 0.2) is 35.3 Å². The number of aromatic amines is 1. The quantitative estimate of drug-likeness (QED) is 0.601. The Morgan fingerprint density at radius 1 is 1.14 bits per heavy atom. The molecule has 0 aliphatic carbocycles. The normalized spacial score (nSPS) is 19.1. The minimum absolute atomic E-state index is 0.0572. The molecule has 1 aromatic heterocycles. The molecule has 3 aliphatic heterocycles. The first kappa shape index (κ1) is 21.9. The maximum absolute atomic E-state index is 13.5. The van der Waals surface area contributed by atoms with E-state index in [1.165, 1.54) is 0 Å². The Morgan fingerprint density at radius 3 is 2.71 bits per heavy atom. The highest BCUT2D eigenvalue weighted by atomic mass is 16.5. The molecular formula is C26H29N5O4. The Balaban J connectivity index is 1.24. The molecule has 0 bridgehead atoms. The van der Waals surface area contributed by atoms with Crippen LogP contribution in [0.4, 0.5) is 5.69 Å². The highest BCUT2D eigenvalue weighted by molar-refractivity contribution is 6.02. The van der Waals surface area contributed by atoms with Gasteiger partial charge < -0.3 is 24.4 Å². The highest BCUT2D eigenvalue weighted by Crippen LogP contribution is 2.32. The minimum atomic E-state index is -0.243. The van der Waals surface area contributed by atoms with Crippen molar-refractivity contribution in [3.63, 3.8) is 0 Å². The zero-order chi connectivity index (χ0) is 24.2. The molecule has 6 rings (SSSR count). The molecule has 0 spiro atoms. The van der Waals surface area contributed by atoms with Crippen molar-refractivity contribution in [3.8, 4) is 5.75 Å². The van der Waals surface area contributed by atoms with Gasteiger partial charge in [0.05, 0.1) is 41.9 Å². The Morgan fingerprint density at radius 2 is 1.94 bits per heavy atom. The number of amides is 1. The van der Waals surface area contributed by atoms with Crippen LogP contribution in [-0.2, 0) is 29.0 Å². The van der Waals surface area contributed by atoms with E-state index >= 15 is 0 Å². The number of rotatable bonds is 4. The van der Waals surface area contributed by atoms with E-state index < -0.39 is 0 Å². The number of hydrogen-bond acceptors (Lipinski definition) is 7. The van der Waals surface area contributed by atoms with E-state index in [1.54, 1.807) is 17.0 Å². The van der Waals surface area contributed by atoms with E-state index in [0.717, 1.165) is 54.2 Å². The number of nitrogens with one attached hydrogen (secondary N) is 1. The fourth-order valence-electron chi connectivity index (χ4n) is 5.02. The molecule has 3 aromatic rings. The number of carbonyl (C=O) groups excluding carboxylic acids is 1. The maximum atomic E-state index is 13.5. The molecule has 1 saturated heterocycles. The van der Waals surface area contributed by atoms with Crippen LogP contribution < -0.4 is 4.90 Å². The molecule has 182 valence electrons. The fourth-order valence-corrected chi connectivity index (χ4v) is 5.02. The number of aliphatic imine (C=N–C) groups is 1. The predicted octanol–water partition coefficient (Wildman–Crippen LogP) is 3.01.